The van der Waals surface area contributed by atoms with Crippen LogP contribution in [0.25, 0.3) is 0 Å². The second kappa shape index (κ2) is 10.3. The quantitative estimate of drug-likeness (QED) is 0.555. The summed E-state index contributed by atoms with van der Waals surface area (Å²) in [6, 6.07) is 18.0. The molecule has 33 heavy (non-hydrogen) atoms. The van der Waals surface area contributed by atoms with Crippen LogP contribution in [0.15, 0.2) is 54.6 Å². The van der Waals surface area contributed by atoms with E-state index in [9.17, 15) is 9.59 Å². The molecular weight excluding hydrogens is 414 g/mol. The van der Waals surface area contributed by atoms with E-state index >= 15 is 0 Å². The van der Waals surface area contributed by atoms with Crippen molar-refractivity contribution in [3.05, 3.63) is 88.2 Å². The van der Waals surface area contributed by atoms with Crippen molar-refractivity contribution in [1.29, 1.82) is 0 Å². The summed E-state index contributed by atoms with van der Waals surface area (Å²) in [5.41, 5.74) is 6.31. The third-order valence-electron chi connectivity index (χ3n) is 6.12. The monoisotopic (exact) mass is 445 g/mol. The SMILES string of the molecule is Cc1nn(Cc2ccccc2)c(C)c1CNC(=O)NCc1cccc(CN2CCCC2=O)c1. The zero-order valence-corrected chi connectivity index (χ0v) is 19.3. The van der Waals surface area contributed by atoms with Crippen LogP contribution < -0.4 is 10.6 Å². The van der Waals surface area contributed by atoms with Crippen molar-refractivity contribution in [3.63, 3.8) is 0 Å². The van der Waals surface area contributed by atoms with E-state index in [1.165, 1.54) is 5.56 Å². The number of likely N-dealkylation sites (tertiary alicyclic amines) is 1. The van der Waals surface area contributed by atoms with Crippen molar-refractivity contribution < 1.29 is 9.59 Å². The fourth-order valence-electron chi connectivity index (χ4n) is 4.24. The fourth-order valence-corrected chi connectivity index (χ4v) is 4.24. The molecule has 2 N–H and O–H groups in total. The predicted molar refractivity (Wildman–Crippen MR) is 127 cm³/mol. The molecule has 0 aliphatic carbocycles. The van der Waals surface area contributed by atoms with Crippen molar-refractivity contribution in [2.45, 2.75) is 52.9 Å². The normalized spacial score (nSPS) is 13.4. The number of carbonyl (C=O) groups excluding carboxylic acids is 2. The standard InChI is InChI=1S/C26H31N5O2/c1-19-24(20(2)31(29-19)18-21-8-4-3-5-9-21)16-28-26(33)27-15-22-10-6-11-23(14-22)17-30-13-7-12-25(30)32/h3-6,8-11,14H,7,12-13,15-18H2,1-2H3,(H2,27,28,33). The van der Waals surface area contributed by atoms with Gasteiger partial charge in [0, 0.05) is 43.9 Å². The van der Waals surface area contributed by atoms with Gasteiger partial charge in [0.25, 0.3) is 0 Å². The summed E-state index contributed by atoms with van der Waals surface area (Å²) < 4.78 is 1.98. The van der Waals surface area contributed by atoms with Gasteiger partial charge in [0.05, 0.1) is 12.2 Å². The van der Waals surface area contributed by atoms with Gasteiger partial charge in [0.2, 0.25) is 5.91 Å². The van der Waals surface area contributed by atoms with Gasteiger partial charge in [-0.15, -0.1) is 0 Å². The van der Waals surface area contributed by atoms with Crippen LogP contribution in [0, 0.1) is 13.8 Å². The molecule has 3 amide bonds. The highest BCUT2D eigenvalue weighted by Crippen LogP contribution is 2.16. The Morgan fingerprint density at radius 2 is 1.67 bits per heavy atom. The summed E-state index contributed by atoms with van der Waals surface area (Å²) >= 11 is 0. The number of hydrogen-bond acceptors (Lipinski definition) is 3. The van der Waals surface area contributed by atoms with Crippen LogP contribution in [0.4, 0.5) is 4.79 Å². The molecule has 1 aliphatic heterocycles. The van der Waals surface area contributed by atoms with Gasteiger partial charge < -0.3 is 15.5 Å². The van der Waals surface area contributed by atoms with Crippen LogP contribution in [0.3, 0.4) is 0 Å². The Morgan fingerprint density at radius 3 is 2.42 bits per heavy atom. The van der Waals surface area contributed by atoms with E-state index in [1.54, 1.807) is 0 Å². The summed E-state index contributed by atoms with van der Waals surface area (Å²) in [5.74, 6) is 0.218. The summed E-state index contributed by atoms with van der Waals surface area (Å²) in [5, 5.41) is 10.5. The zero-order valence-electron chi connectivity index (χ0n) is 19.3. The third kappa shape index (κ3) is 5.80. The van der Waals surface area contributed by atoms with Gasteiger partial charge in [0.1, 0.15) is 0 Å². The van der Waals surface area contributed by atoms with Gasteiger partial charge in [-0.25, -0.2) is 4.79 Å². The average Bonchev–Trinajstić information content (AvgIpc) is 3.33. The number of carbonyl (C=O) groups is 2. The second-order valence-corrected chi connectivity index (χ2v) is 8.57. The van der Waals surface area contributed by atoms with Crippen molar-refractivity contribution >= 4 is 11.9 Å². The van der Waals surface area contributed by atoms with E-state index in [4.69, 9.17) is 0 Å². The van der Waals surface area contributed by atoms with Gasteiger partial charge >= 0.3 is 6.03 Å². The number of hydrogen-bond donors (Lipinski definition) is 2. The van der Waals surface area contributed by atoms with Crippen molar-refractivity contribution in [2.75, 3.05) is 6.54 Å². The number of nitrogens with zero attached hydrogens (tertiary/aromatic N) is 3. The minimum Gasteiger partial charge on any atom is -0.338 e. The number of urea groups is 1. The molecule has 0 saturated carbocycles. The maximum Gasteiger partial charge on any atom is 0.315 e. The molecule has 2 heterocycles. The molecule has 0 bridgehead atoms. The van der Waals surface area contributed by atoms with Gasteiger partial charge in [-0.05, 0) is 37.0 Å². The Bertz CT molecular complexity index is 1120. The maximum absolute atomic E-state index is 12.4. The highest BCUT2D eigenvalue weighted by atomic mass is 16.2. The lowest BCUT2D eigenvalue weighted by molar-refractivity contribution is -0.128. The Morgan fingerprint density at radius 1 is 0.939 bits per heavy atom. The lowest BCUT2D eigenvalue weighted by Gasteiger charge is -2.16. The van der Waals surface area contributed by atoms with Crippen LogP contribution in [-0.2, 0) is 31.0 Å². The topological polar surface area (TPSA) is 79.3 Å². The van der Waals surface area contributed by atoms with Gasteiger partial charge in [0.15, 0.2) is 0 Å². The largest absolute Gasteiger partial charge is 0.338 e. The zero-order chi connectivity index (χ0) is 23.2. The molecular formula is C26H31N5O2. The summed E-state index contributed by atoms with van der Waals surface area (Å²) in [7, 11) is 0. The smallest absolute Gasteiger partial charge is 0.315 e. The third-order valence-corrected chi connectivity index (χ3v) is 6.12. The first-order valence-corrected chi connectivity index (χ1v) is 11.4. The molecule has 1 fully saturated rings. The molecule has 0 spiro atoms. The molecule has 7 nitrogen and oxygen atoms in total. The van der Waals surface area contributed by atoms with Crippen LogP contribution in [0.2, 0.25) is 0 Å². The van der Waals surface area contributed by atoms with Crippen LogP contribution in [0.1, 0.15) is 46.5 Å². The lowest BCUT2D eigenvalue weighted by Crippen LogP contribution is -2.34. The van der Waals surface area contributed by atoms with Gasteiger partial charge in [-0.1, -0.05) is 54.6 Å². The van der Waals surface area contributed by atoms with E-state index in [1.807, 2.05) is 65.9 Å². The average molecular weight is 446 g/mol. The van der Waals surface area contributed by atoms with Crippen molar-refractivity contribution in [3.8, 4) is 0 Å². The fraction of sp³-hybridized carbons (Fsp3) is 0.346. The van der Waals surface area contributed by atoms with Crippen LogP contribution in [-0.4, -0.2) is 33.2 Å². The number of benzene rings is 2. The van der Waals surface area contributed by atoms with Crippen LogP contribution >= 0.6 is 0 Å². The van der Waals surface area contributed by atoms with Gasteiger partial charge in [-0.2, -0.15) is 5.10 Å². The minimum absolute atomic E-state index is 0.218. The number of nitrogens with one attached hydrogen (secondary N) is 2. The lowest BCUT2D eigenvalue weighted by atomic mass is 10.1. The highest BCUT2D eigenvalue weighted by Gasteiger charge is 2.20. The molecule has 172 valence electrons. The Hall–Kier alpha value is -3.61. The molecule has 2 aromatic carbocycles. The molecule has 7 heteroatoms. The molecule has 3 aromatic rings. The van der Waals surface area contributed by atoms with Crippen LogP contribution in [0.5, 0.6) is 0 Å². The second-order valence-electron chi connectivity index (χ2n) is 8.57. The van der Waals surface area contributed by atoms with E-state index in [0.717, 1.165) is 41.0 Å². The predicted octanol–water partition coefficient (Wildman–Crippen LogP) is 3.67. The summed E-state index contributed by atoms with van der Waals surface area (Å²) in [4.78, 5) is 26.2. The van der Waals surface area contributed by atoms with E-state index < -0.39 is 0 Å². The van der Waals surface area contributed by atoms with Crippen molar-refractivity contribution in [2.24, 2.45) is 0 Å². The molecule has 1 saturated heterocycles. The van der Waals surface area contributed by atoms with Gasteiger partial charge in [-0.3, -0.25) is 9.48 Å². The summed E-state index contributed by atoms with van der Waals surface area (Å²) in [6.07, 6.45) is 1.58. The number of aryl methyl sites for hydroxylation is 1. The number of aromatic nitrogens is 2. The molecule has 0 unspecified atom stereocenters. The Labute approximate surface area is 194 Å². The minimum atomic E-state index is -0.218. The summed E-state index contributed by atoms with van der Waals surface area (Å²) in [6.45, 7) is 7.02. The molecule has 0 atom stereocenters. The molecule has 0 radical (unpaired) electrons. The van der Waals surface area contributed by atoms with E-state index in [-0.39, 0.29) is 11.9 Å². The number of rotatable bonds is 8. The Balaban J connectivity index is 1.28. The molecule has 4 rings (SSSR count). The first kappa shape index (κ1) is 22.6. The molecule has 1 aliphatic rings. The first-order valence-electron chi connectivity index (χ1n) is 11.4. The maximum atomic E-state index is 12.4. The van der Waals surface area contributed by atoms with E-state index in [2.05, 4.69) is 27.9 Å². The van der Waals surface area contributed by atoms with Crippen molar-refractivity contribution in [1.82, 2.24) is 25.3 Å². The Kier molecular flexibility index (Phi) is 7.07. The highest BCUT2D eigenvalue weighted by molar-refractivity contribution is 5.78. The van der Waals surface area contributed by atoms with E-state index in [0.29, 0.717) is 32.6 Å². The molecule has 1 aromatic heterocycles. The number of amides is 3. The first-order chi connectivity index (χ1) is 16.0.